The molecule has 2 amide bonds. The molecule has 0 radical (unpaired) electrons. The zero-order valence-electron chi connectivity index (χ0n) is 14.0. The SMILES string of the molecule is O=C(O)CCC(Cc1ccccc1)NC(=O)NCCc1ccccn1. The number of hydrogen-bond acceptors (Lipinski definition) is 3. The summed E-state index contributed by atoms with van der Waals surface area (Å²) in [7, 11) is 0. The van der Waals surface area contributed by atoms with Gasteiger partial charge in [0.25, 0.3) is 0 Å². The number of pyridine rings is 1. The summed E-state index contributed by atoms with van der Waals surface area (Å²) in [5.41, 5.74) is 1.97. The number of carboxylic acids is 1. The predicted octanol–water partition coefficient (Wildman–Crippen LogP) is 2.40. The monoisotopic (exact) mass is 341 g/mol. The van der Waals surface area contributed by atoms with Crippen molar-refractivity contribution in [1.29, 1.82) is 0 Å². The van der Waals surface area contributed by atoms with Crippen molar-refractivity contribution < 1.29 is 14.7 Å². The third kappa shape index (κ3) is 7.48. The first-order chi connectivity index (χ1) is 12.1. The Hall–Kier alpha value is -2.89. The van der Waals surface area contributed by atoms with Crippen LogP contribution in [0.2, 0.25) is 0 Å². The molecule has 1 unspecified atom stereocenters. The molecule has 6 nitrogen and oxygen atoms in total. The second-order valence-electron chi connectivity index (χ2n) is 5.79. The first-order valence-electron chi connectivity index (χ1n) is 8.33. The Kier molecular flexibility index (Phi) is 7.43. The zero-order chi connectivity index (χ0) is 17.9. The molecule has 3 N–H and O–H groups in total. The van der Waals surface area contributed by atoms with Gasteiger partial charge < -0.3 is 15.7 Å². The van der Waals surface area contributed by atoms with Crippen LogP contribution in [0.15, 0.2) is 54.7 Å². The summed E-state index contributed by atoms with van der Waals surface area (Å²) in [4.78, 5) is 27.1. The molecule has 132 valence electrons. The number of rotatable bonds is 9. The maximum absolute atomic E-state index is 12.1. The summed E-state index contributed by atoms with van der Waals surface area (Å²) in [6.07, 6.45) is 3.37. The summed E-state index contributed by atoms with van der Waals surface area (Å²) >= 11 is 0. The molecule has 0 spiro atoms. The first-order valence-corrected chi connectivity index (χ1v) is 8.33. The molecule has 0 saturated carbocycles. The second kappa shape index (κ2) is 10.1. The van der Waals surface area contributed by atoms with Gasteiger partial charge in [-0.2, -0.15) is 0 Å². The summed E-state index contributed by atoms with van der Waals surface area (Å²) in [6, 6.07) is 14.9. The molecule has 6 heteroatoms. The number of aromatic nitrogens is 1. The van der Waals surface area contributed by atoms with Crippen LogP contribution in [0.4, 0.5) is 4.79 Å². The molecule has 2 rings (SSSR count). The highest BCUT2D eigenvalue weighted by atomic mass is 16.4. The smallest absolute Gasteiger partial charge is 0.315 e. The van der Waals surface area contributed by atoms with Crippen molar-refractivity contribution in [2.75, 3.05) is 6.54 Å². The largest absolute Gasteiger partial charge is 0.481 e. The minimum absolute atomic E-state index is 0.0196. The maximum atomic E-state index is 12.1. The molecular formula is C19H23N3O3. The van der Waals surface area contributed by atoms with Gasteiger partial charge in [-0.05, 0) is 30.5 Å². The van der Waals surface area contributed by atoms with E-state index in [1.807, 2.05) is 48.5 Å². The molecule has 1 aromatic heterocycles. The van der Waals surface area contributed by atoms with Crippen LogP contribution in [-0.4, -0.2) is 34.7 Å². The minimum Gasteiger partial charge on any atom is -0.481 e. The molecular weight excluding hydrogens is 318 g/mol. The summed E-state index contributed by atoms with van der Waals surface area (Å²) in [6.45, 7) is 0.472. The molecule has 1 heterocycles. The average Bonchev–Trinajstić information content (AvgIpc) is 2.61. The van der Waals surface area contributed by atoms with Crippen molar-refractivity contribution in [3.05, 3.63) is 66.0 Å². The number of amides is 2. The van der Waals surface area contributed by atoms with E-state index in [2.05, 4.69) is 15.6 Å². The lowest BCUT2D eigenvalue weighted by molar-refractivity contribution is -0.137. The Morgan fingerprint density at radius 3 is 2.52 bits per heavy atom. The first kappa shape index (κ1) is 18.4. The van der Waals surface area contributed by atoms with E-state index in [1.54, 1.807) is 6.20 Å². The van der Waals surface area contributed by atoms with Gasteiger partial charge in [-0.15, -0.1) is 0 Å². The zero-order valence-corrected chi connectivity index (χ0v) is 14.0. The summed E-state index contributed by atoms with van der Waals surface area (Å²) in [5.74, 6) is -0.865. The van der Waals surface area contributed by atoms with Gasteiger partial charge >= 0.3 is 12.0 Å². The highest BCUT2D eigenvalue weighted by Gasteiger charge is 2.14. The number of benzene rings is 1. The van der Waals surface area contributed by atoms with Gasteiger partial charge in [0.2, 0.25) is 0 Å². The van der Waals surface area contributed by atoms with Crippen LogP contribution >= 0.6 is 0 Å². The molecule has 0 aliphatic rings. The minimum atomic E-state index is -0.865. The molecule has 0 aliphatic carbocycles. The topological polar surface area (TPSA) is 91.3 Å². The normalized spacial score (nSPS) is 11.5. The van der Waals surface area contributed by atoms with Crippen molar-refractivity contribution in [3.8, 4) is 0 Å². The van der Waals surface area contributed by atoms with Gasteiger partial charge in [-0.3, -0.25) is 9.78 Å². The van der Waals surface area contributed by atoms with Gasteiger partial charge in [-0.25, -0.2) is 4.79 Å². The summed E-state index contributed by atoms with van der Waals surface area (Å²) < 4.78 is 0. The number of carbonyl (C=O) groups is 2. The number of carboxylic acid groups (broad SMARTS) is 1. The number of hydrogen-bond donors (Lipinski definition) is 3. The van der Waals surface area contributed by atoms with E-state index < -0.39 is 5.97 Å². The van der Waals surface area contributed by atoms with E-state index in [-0.39, 0.29) is 18.5 Å². The van der Waals surface area contributed by atoms with Crippen LogP contribution in [0.25, 0.3) is 0 Å². The Morgan fingerprint density at radius 1 is 1.08 bits per heavy atom. The lowest BCUT2D eigenvalue weighted by atomic mass is 10.0. The Balaban J connectivity index is 1.82. The quantitative estimate of drug-likeness (QED) is 0.653. The molecule has 0 aliphatic heterocycles. The van der Waals surface area contributed by atoms with Crippen LogP contribution in [0.3, 0.4) is 0 Å². The molecule has 25 heavy (non-hydrogen) atoms. The Bertz CT molecular complexity index is 662. The van der Waals surface area contributed by atoms with Gasteiger partial charge in [0, 0.05) is 37.3 Å². The molecule has 0 fully saturated rings. The Morgan fingerprint density at radius 2 is 1.84 bits per heavy atom. The fraction of sp³-hybridized carbons (Fsp3) is 0.316. The molecule has 1 aromatic carbocycles. The van der Waals surface area contributed by atoms with Gasteiger partial charge in [0.15, 0.2) is 0 Å². The maximum Gasteiger partial charge on any atom is 0.315 e. The van der Waals surface area contributed by atoms with E-state index in [1.165, 1.54) is 0 Å². The third-order valence-electron chi connectivity index (χ3n) is 3.76. The number of nitrogens with one attached hydrogen (secondary N) is 2. The van der Waals surface area contributed by atoms with Crippen LogP contribution in [0.1, 0.15) is 24.1 Å². The second-order valence-corrected chi connectivity index (χ2v) is 5.79. The molecule has 1 atom stereocenters. The lowest BCUT2D eigenvalue weighted by Crippen LogP contribution is -2.44. The van der Waals surface area contributed by atoms with Crippen molar-refractivity contribution >= 4 is 12.0 Å². The highest BCUT2D eigenvalue weighted by Crippen LogP contribution is 2.08. The number of aliphatic carboxylic acids is 1. The third-order valence-corrected chi connectivity index (χ3v) is 3.76. The average molecular weight is 341 g/mol. The number of nitrogens with zero attached hydrogens (tertiary/aromatic N) is 1. The van der Waals surface area contributed by atoms with Crippen LogP contribution in [0.5, 0.6) is 0 Å². The van der Waals surface area contributed by atoms with Crippen molar-refractivity contribution in [2.45, 2.75) is 31.7 Å². The van der Waals surface area contributed by atoms with Crippen molar-refractivity contribution in [2.24, 2.45) is 0 Å². The number of carbonyl (C=O) groups excluding carboxylic acids is 1. The van der Waals surface area contributed by atoms with Crippen molar-refractivity contribution in [1.82, 2.24) is 15.6 Å². The van der Waals surface area contributed by atoms with E-state index in [0.717, 1.165) is 11.3 Å². The van der Waals surface area contributed by atoms with Crippen LogP contribution < -0.4 is 10.6 Å². The number of urea groups is 1. The Labute approximate surface area is 147 Å². The van der Waals surface area contributed by atoms with Gasteiger partial charge in [0.1, 0.15) is 0 Å². The molecule has 0 saturated heterocycles. The highest BCUT2D eigenvalue weighted by molar-refractivity contribution is 5.74. The van der Waals surface area contributed by atoms with E-state index in [4.69, 9.17) is 5.11 Å². The van der Waals surface area contributed by atoms with Gasteiger partial charge in [0.05, 0.1) is 0 Å². The molecule has 2 aromatic rings. The summed E-state index contributed by atoms with van der Waals surface area (Å²) in [5, 5.41) is 14.6. The van der Waals surface area contributed by atoms with Crippen LogP contribution in [-0.2, 0) is 17.6 Å². The molecule has 0 bridgehead atoms. The fourth-order valence-electron chi connectivity index (χ4n) is 2.51. The lowest BCUT2D eigenvalue weighted by Gasteiger charge is -2.18. The van der Waals surface area contributed by atoms with Gasteiger partial charge in [-0.1, -0.05) is 36.4 Å². The van der Waals surface area contributed by atoms with Crippen molar-refractivity contribution in [3.63, 3.8) is 0 Å². The van der Waals surface area contributed by atoms with E-state index >= 15 is 0 Å². The van der Waals surface area contributed by atoms with Crippen LogP contribution in [0, 0.1) is 0 Å². The van der Waals surface area contributed by atoms with E-state index in [9.17, 15) is 9.59 Å². The predicted molar refractivity (Wildman–Crippen MR) is 95.3 cm³/mol. The fourth-order valence-corrected chi connectivity index (χ4v) is 2.51. The standard InChI is InChI=1S/C19H23N3O3/c23-18(24)10-9-17(14-15-6-2-1-3-7-15)22-19(25)21-13-11-16-8-4-5-12-20-16/h1-8,12,17H,9-11,13-14H2,(H,23,24)(H2,21,22,25). The van der Waals surface area contributed by atoms with E-state index in [0.29, 0.717) is 25.8 Å².